The van der Waals surface area contributed by atoms with Gasteiger partial charge in [0.15, 0.2) is 0 Å². The number of aryl methyl sites for hydroxylation is 1. The van der Waals surface area contributed by atoms with Crippen LogP contribution in [0.15, 0.2) is 52.2 Å². The summed E-state index contributed by atoms with van der Waals surface area (Å²) in [6, 6.07) is 11.8. The van der Waals surface area contributed by atoms with E-state index in [1.807, 2.05) is 0 Å². The topological polar surface area (TPSA) is 97.7 Å². The van der Waals surface area contributed by atoms with Crippen molar-refractivity contribution >= 4 is 43.2 Å². The number of rotatable bonds is 5. The van der Waals surface area contributed by atoms with Crippen molar-refractivity contribution in [3.05, 3.63) is 52.1 Å². The van der Waals surface area contributed by atoms with Crippen molar-refractivity contribution in [3.63, 3.8) is 0 Å². The second-order valence-corrected chi connectivity index (χ2v) is 10.4. The Kier molecular flexibility index (Phi) is 5.87. The van der Waals surface area contributed by atoms with E-state index < -0.39 is 10.0 Å². The molecule has 1 fully saturated rings. The van der Waals surface area contributed by atoms with Gasteiger partial charge in [-0.1, -0.05) is 11.3 Å². The molecule has 2 heterocycles. The van der Waals surface area contributed by atoms with Gasteiger partial charge in [0, 0.05) is 31.7 Å². The number of carbonyl (C=O) groups is 1. The molecule has 1 aliphatic rings. The molecule has 10 heteroatoms. The van der Waals surface area contributed by atoms with E-state index in [0.717, 1.165) is 11.3 Å². The Morgan fingerprint density at radius 2 is 1.81 bits per heavy atom. The molecule has 4 rings (SSSR count). The summed E-state index contributed by atoms with van der Waals surface area (Å²) in [6.07, 6.45) is 0.893. The average molecular weight is 462 g/mol. The van der Waals surface area contributed by atoms with Crippen LogP contribution in [-0.4, -0.2) is 43.4 Å². The highest BCUT2D eigenvalue weighted by Gasteiger charge is 2.32. The van der Waals surface area contributed by atoms with Crippen molar-refractivity contribution in [1.82, 2.24) is 8.87 Å². The molecule has 3 aromatic rings. The summed E-state index contributed by atoms with van der Waals surface area (Å²) in [5.41, 5.74) is 1.39. The van der Waals surface area contributed by atoms with Gasteiger partial charge in [0.25, 0.3) is 0 Å². The lowest BCUT2D eigenvalue weighted by Gasteiger charge is -2.30. The van der Waals surface area contributed by atoms with Gasteiger partial charge >= 0.3 is 4.87 Å². The number of nitrogens with zero attached hydrogens (tertiary/aromatic N) is 2. The molecule has 8 nitrogen and oxygen atoms in total. The fraction of sp³-hybridized carbons (Fsp3) is 0.333. The van der Waals surface area contributed by atoms with Crippen molar-refractivity contribution < 1.29 is 17.9 Å². The fourth-order valence-corrected chi connectivity index (χ4v) is 6.19. The third kappa shape index (κ3) is 4.23. The van der Waals surface area contributed by atoms with E-state index in [-0.39, 0.29) is 34.7 Å². The minimum atomic E-state index is -3.69. The average Bonchev–Trinajstić information content (AvgIpc) is 3.07. The van der Waals surface area contributed by atoms with Crippen molar-refractivity contribution in [2.45, 2.75) is 17.7 Å². The highest BCUT2D eigenvalue weighted by molar-refractivity contribution is 7.89. The van der Waals surface area contributed by atoms with Gasteiger partial charge in [-0.05, 0) is 55.3 Å². The van der Waals surface area contributed by atoms with E-state index in [1.54, 1.807) is 50.6 Å². The lowest BCUT2D eigenvalue weighted by atomic mass is 9.97. The zero-order valence-electron chi connectivity index (χ0n) is 17.2. The molecular weight excluding hydrogens is 438 g/mol. The molecule has 0 bridgehead atoms. The smallest absolute Gasteiger partial charge is 0.307 e. The Bertz CT molecular complexity index is 1270. The molecule has 0 saturated carbocycles. The highest BCUT2D eigenvalue weighted by Crippen LogP contribution is 2.28. The molecule has 2 aromatic carbocycles. The van der Waals surface area contributed by atoms with Crippen LogP contribution in [-0.2, 0) is 21.9 Å². The highest BCUT2D eigenvalue weighted by atomic mass is 32.2. The second kappa shape index (κ2) is 8.45. The summed E-state index contributed by atoms with van der Waals surface area (Å²) in [4.78, 5) is 24.5. The number of methoxy groups -OCH3 is 1. The van der Waals surface area contributed by atoms with Crippen LogP contribution in [0.25, 0.3) is 10.2 Å². The summed E-state index contributed by atoms with van der Waals surface area (Å²) in [5, 5.41) is 2.88. The Balaban J connectivity index is 1.42. The zero-order chi connectivity index (χ0) is 22.2. The molecule has 1 saturated heterocycles. The molecule has 1 aromatic heterocycles. The van der Waals surface area contributed by atoms with Crippen LogP contribution in [0.5, 0.6) is 5.75 Å². The van der Waals surface area contributed by atoms with Crippen LogP contribution in [0.1, 0.15) is 12.8 Å². The Labute approximate surface area is 184 Å². The predicted octanol–water partition coefficient (Wildman–Crippen LogP) is 2.65. The van der Waals surface area contributed by atoms with Crippen LogP contribution in [0.2, 0.25) is 0 Å². The van der Waals surface area contributed by atoms with E-state index in [0.29, 0.717) is 34.5 Å². The molecule has 1 N–H and O–H groups in total. The molecule has 1 amide bonds. The van der Waals surface area contributed by atoms with Crippen LogP contribution >= 0.6 is 11.3 Å². The molecule has 0 spiro atoms. The van der Waals surface area contributed by atoms with E-state index in [1.165, 1.54) is 14.9 Å². The monoisotopic (exact) mass is 461 g/mol. The summed E-state index contributed by atoms with van der Waals surface area (Å²) in [7, 11) is -0.448. The van der Waals surface area contributed by atoms with E-state index in [2.05, 4.69) is 5.32 Å². The molecule has 1 aliphatic heterocycles. The van der Waals surface area contributed by atoms with Crippen LogP contribution in [0.3, 0.4) is 0 Å². The molecular formula is C21H23N3O5S2. The molecule has 0 radical (unpaired) electrons. The van der Waals surface area contributed by atoms with Gasteiger partial charge in [-0.3, -0.25) is 9.59 Å². The number of hydrogen-bond acceptors (Lipinski definition) is 6. The minimum Gasteiger partial charge on any atom is -0.497 e. The number of ether oxygens (including phenoxy) is 1. The van der Waals surface area contributed by atoms with Crippen molar-refractivity contribution in [1.29, 1.82) is 0 Å². The van der Waals surface area contributed by atoms with Crippen molar-refractivity contribution in [2.24, 2.45) is 13.0 Å². The first-order valence-corrected chi connectivity index (χ1v) is 12.1. The third-order valence-corrected chi connectivity index (χ3v) is 8.47. The lowest BCUT2D eigenvalue weighted by molar-refractivity contribution is -0.120. The van der Waals surface area contributed by atoms with E-state index >= 15 is 0 Å². The van der Waals surface area contributed by atoms with Crippen molar-refractivity contribution in [2.75, 3.05) is 25.5 Å². The standard InChI is InChI=1S/C21H23N3O5S2/c1-23-18-8-7-17(13-19(18)30-21(23)26)31(27,28)24-11-9-14(10-12-24)20(25)22-15-3-5-16(29-2)6-4-15/h3-8,13-14H,9-12H2,1-2H3,(H,22,25). The number of benzene rings is 2. The van der Waals surface area contributed by atoms with Gasteiger partial charge in [-0.2, -0.15) is 4.31 Å². The van der Waals surface area contributed by atoms with Crippen LogP contribution in [0, 0.1) is 5.92 Å². The first-order chi connectivity index (χ1) is 14.8. The number of anilines is 1. The van der Waals surface area contributed by atoms with Crippen LogP contribution in [0.4, 0.5) is 5.69 Å². The van der Waals surface area contributed by atoms with Gasteiger partial charge in [-0.25, -0.2) is 8.42 Å². The number of nitrogens with one attached hydrogen (secondary N) is 1. The number of piperidine rings is 1. The van der Waals surface area contributed by atoms with E-state index in [9.17, 15) is 18.0 Å². The summed E-state index contributed by atoms with van der Waals surface area (Å²) >= 11 is 1.03. The van der Waals surface area contributed by atoms with Gasteiger partial charge in [0.05, 0.1) is 22.2 Å². The lowest BCUT2D eigenvalue weighted by Crippen LogP contribution is -2.41. The number of aromatic nitrogens is 1. The number of fused-ring (bicyclic) bond motifs is 1. The molecule has 31 heavy (non-hydrogen) atoms. The zero-order valence-corrected chi connectivity index (χ0v) is 18.8. The molecule has 0 atom stereocenters. The number of amides is 1. The predicted molar refractivity (Wildman–Crippen MR) is 120 cm³/mol. The normalized spacial score (nSPS) is 15.8. The Hall–Kier alpha value is -2.69. The third-order valence-electron chi connectivity index (χ3n) is 5.58. The van der Waals surface area contributed by atoms with Gasteiger partial charge in [0.1, 0.15) is 5.75 Å². The number of thiazole rings is 1. The van der Waals surface area contributed by atoms with Gasteiger partial charge in [-0.15, -0.1) is 0 Å². The first-order valence-electron chi connectivity index (χ1n) is 9.84. The minimum absolute atomic E-state index is 0.113. The van der Waals surface area contributed by atoms with Gasteiger partial charge < -0.3 is 14.6 Å². The maximum atomic E-state index is 13.1. The SMILES string of the molecule is COc1ccc(NC(=O)C2CCN(S(=O)(=O)c3ccc4c(c3)sc(=O)n4C)CC2)cc1. The van der Waals surface area contributed by atoms with E-state index in [4.69, 9.17) is 4.74 Å². The van der Waals surface area contributed by atoms with Gasteiger partial charge in [0.2, 0.25) is 15.9 Å². The number of carbonyl (C=O) groups excluding carboxylic acids is 1. The summed E-state index contributed by atoms with van der Waals surface area (Å²) < 4.78 is 34.8. The van der Waals surface area contributed by atoms with Crippen molar-refractivity contribution in [3.8, 4) is 5.75 Å². The summed E-state index contributed by atoms with van der Waals surface area (Å²) in [6.45, 7) is 0.540. The first kappa shape index (κ1) is 21.5. The number of sulfonamides is 1. The largest absolute Gasteiger partial charge is 0.497 e. The quantitative estimate of drug-likeness (QED) is 0.630. The fourth-order valence-electron chi connectivity index (χ4n) is 3.70. The Morgan fingerprint density at radius 1 is 1.13 bits per heavy atom. The van der Waals surface area contributed by atoms with Crippen LogP contribution < -0.4 is 14.9 Å². The maximum Gasteiger partial charge on any atom is 0.307 e. The molecule has 0 unspecified atom stereocenters. The summed E-state index contributed by atoms with van der Waals surface area (Å²) in [5.74, 6) is 0.338. The number of hydrogen-bond donors (Lipinski definition) is 1. The molecule has 164 valence electrons. The second-order valence-electron chi connectivity index (χ2n) is 7.45. The maximum absolute atomic E-state index is 13.1. The molecule has 0 aliphatic carbocycles. The Morgan fingerprint density at radius 3 is 2.45 bits per heavy atom.